The number of alkyl halides is 1. The SMILES string of the molecule is CC(Cl)CC(C)Cc1ccc(C(C)C)cc1. The van der Waals surface area contributed by atoms with Crippen molar-refractivity contribution < 1.29 is 0 Å². The second kappa shape index (κ2) is 6.30. The van der Waals surface area contributed by atoms with Crippen molar-refractivity contribution in [2.24, 2.45) is 5.92 Å². The summed E-state index contributed by atoms with van der Waals surface area (Å²) in [6.07, 6.45) is 2.23. The largest absolute Gasteiger partial charge is 0.123 e. The first kappa shape index (κ1) is 13.6. The van der Waals surface area contributed by atoms with Gasteiger partial charge >= 0.3 is 0 Å². The highest BCUT2D eigenvalue weighted by atomic mass is 35.5. The fraction of sp³-hybridized carbons (Fsp3) is 0.600. The summed E-state index contributed by atoms with van der Waals surface area (Å²) in [5.41, 5.74) is 2.84. The maximum absolute atomic E-state index is 6.01. The summed E-state index contributed by atoms with van der Waals surface area (Å²) < 4.78 is 0. The van der Waals surface area contributed by atoms with E-state index in [1.807, 2.05) is 0 Å². The van der Waals surface area contributed by atoms with Crippen LogP contribution in [0.25, 0.3) is 0 Å². The Kier molecular flexibility index (Phi) is 5.34. The van der Waals surface area contributed by atoms with Crippen LogP contribution in [-0.4, -0.2) is 5.38 Å². The molecule has 90 valence electrons. The normalized spacial score (nSPS) is 15.1. The van der Waals surface area contributed by atoms with Gasteiger partial charge in [0.15, 0.2) is 0 Å². The van der Waals surface area contributed by atoms with Crippen LogP contribution in [0, 0.1) is 5.92 Å². The van der Waals surface area contributed by atoms with E-state index in [-0.39, 0.29) is 5.38 Å². The number of halogens is 1. The van der Waals surface area contributed by atoms with Gasteiger partial charge in [-0.2, -0.15) is 0 Å². The molecule has 0 aromatic heterocycles. The van der Waals surface area contributed by atoms with Crippen molar-refractivity contribution in [3.05, 3.63) is 35.4 Å². The van der Waals surface area contributed by atoms with Gasteiger partial charge in [-0.05, 0) is 42.7 Å². The molecule has 0 N–H and O–H groups in total. The lowest BCUT2D eigenvalue weighted by Gasteiger charge is -2.13. The summed E-state index contributed by atoms with van der Waals surface area (Å²) in [5.74, 6) is 1.28. The summed E-state index contributed by atoms with van der Waals surface area (Å²) in [5, 5.41) is 0.282. The van der Waals surface area contributed by atoms with E-state index in [2.05, 4.69) is 52.0 Å². The lowest BCUT2D eigenvalue weighted by molar-refractivity contribution is 0.526. The number of hydrogen-bond acceptors (Lipinski definition) is 0. The first-order valence-electron chi connectivity index (χ1n) is 6.22. The van der Waals surface area contributed by atoms with Gasteiger partial charge in [0.05, 0.1) is 0 Å². The predicted octanol–water partition coefficient (Wildman–Crippen LogP) is 5.01. The minimum atomic E-state index is 0.282. The van der Waals surface area contributed by atoms with Crippen LogP contribution in [0.1, 0.15) is 51.2 Å². The number of rotatable bonds is 5. The van der Waals surface area contributed by atoms with Crippen molar-refractivity contribution in [2.75, 3.05) is 0 Å². The predicted molar refractivity (Wildman–Crippen MR) is 73.3 cm³/mol. The Balaban J connectivity index is 2.55. The fourth-order valence-corrected chi connectivity index (χ4v) is 2.38. The molecule has 0 spiro atoms. The molecule has 0 nitrogen and oxygen atoms in total. The molecule has 1 aromatic carbocycles. The highest BCUT2D eigenvalue weighted by Crippen LogP contribution is 2.19. The zero-order chi connectivity index (χ0) is 12.1. The van der Waals surface area contributed by atoms with E-state index in [1.165, 1.54) is 11.1 Å². The van der Waals surface area contributed by atoms with E-state index in [4.69, 9.17) is 11.6 Å². The molecular weight excluding hydrogens is 216 g/mol. The molecule has 0 aliphatic carbocycles. The van der Waals surface area contributed by atoms with E-state index in [1.54, 1.807) is 0 Å². The van der Waals surface area contributed by atoms with Gasteiger partial charge in [0, 0.05) is 5.38 Å². The van der Waals surface area contributed by atoms with E-state index < -0.39 is 0 Å². The van der Waals surface area contributed by atoms with E-state index in [9.17, 15) is 0 Å². The molecule has 0 fully saturated rings. The quantitative estimate of drug-likeness (QED) is 0.633. The van der Waals surface area contributed by atoms with Crippen LogP contribution in [0.4, 0.5) is 0 Å². The smallest absolute Gasteiger partial charge is 0.0310 e. The highest BCUT2D eigenvalue weighted by Gasteiger charge is 2.07. The third kappa shape index (κ3) is 4.57. The molecule has 1 aromatic rings. The lowest BCUT2D eigenvalue weighted by Crippen LogP contribution is -2.05. The molecule has 0 amide bonds. The molecule has 1 rings (SSSR count). The second-order valence-electron chi connectivity index (χ2n) is 5.22. The maximum atomic E-state index is 6.01. The van der Waals surface area contributed by atoms with Gasteiger partial charge < -0.3 is 0 Å². The number of hydrogen-bond donors (Lipinski definition) is 0. The Morgan fingerprint density at radius 1 is 1.00 bits per heavy atom. The fourth-order valence-electron chi connectivity index (χ4n) is 2.08. The van der Waals surface area contributed by atoms with Crippen LogP contribution < -0.4 is 0 Å². The van der Waals surface area contributed by atoms with Gasteiger partial charge in [0.2, 0.25) is 0 Å². The van der Waals surface area contributed by atoms with E-state index in [0.717, 1.165) is 12.8 Å². The molecule has 2 unspecified atom stereocenters. The summed E-state index contributed by atoms with van der Waals surface area (Å²) in [4.78, 5) is 0. The first-order chi connectivity index (χ1) is 7.49. The standard InChI is InChI=1S/C15H23Cl/c1-11(2)15-7-5-14(6-8-15)10-12(3)9-13(4)16/h5-8,11-13H,9-10H2,1-4H3. The third-order valence-corrected chi connectivity index (χ3v) is 3.14. The molecule has 0 aliphatic rings. The highest BCUT2D eigenvalue weighted by molar-refractivity contribution is 6.20. The Bertz CT molecular complexity index is 298. The van der Waals surface area contributed by atoms with Crippen molar-refractivity contribution >= 4 is 11.6 Å². The molecule has 0 aliphatic heterocycles. The van der Waals surface area contributed by atoms with Crippen LogP contribution in [0.3, 0.4) is 0 Å². The second-order valence-corrected chi connectivity index (χ2v) is 5.97. The zero-order valence-electron chi connectivity index (χ0n) is 10.8. The minimum absolute atomic E-state index is 0.282. The summed E-state index contributed by atoms with van der Waals surface area (Å²) in [6.45, 7) is 8.80. The van der Waals surface area contributed by atoms with Crippen LogP contribution >= 0.6 is 11.6 Å². The first-order valence-corrected chi connectivity index (χ1v) is 6.65. The molecule has 0 saturated carbocycles. The Hall–Kier alpha value is -0.490. The van der Waals surface area contributed by atoms with Gasteiger partial charge in [-0.1, -0.05) is 45.0 Å². The average molecular weight is 239 g/mol. The van der Waals surface area contributed by atoms with Gasteiger partial charge in [-0.15, -0.1) is 11.6 Å². The van der Waals surface area contributed by atoms with Crippen LogP contribution in [0.2, 0.25) is 0 Å². The van der Waals surface area contributed by atoms with Gasteiger partial charge in [0.25, 0.3) is 0 Å². The van der Waals surface area contributed by atoms with Crippen LogP contribution in [-0.2, 0) is 6.42 Å². The summed E-state index contributed by atoms with van der Waals surface area (Å²) in [7, 11) is 0. The van der Waals surface area contributed by atoms with Crippen molar-refractivity contribution in [1.82, 2.24) is 0 Å². The van der Waals surface area contributed by atoms with Crippen LogP contribution in [0.15, 0.2) is 24.3 Å². The summed E-state index contributed by atoms with van der Waals surface area (Å²) >= 11 is 6.01. The number of benzene rings is 1. The zero-order valence-corrected chi connectivity index (χ0v) is 11.6. The Morgan fingerprint density at radius 3 is 2.00 bits per heavy atom. The Labute approximate surface area is 105 Å². The molecule has 0 bridgehead atoms. The average Bonchev–Trinajstić information content (AvgIpc) is 2.16. The molecule has 2 atom stereocenters. The molecule has 0 saturated heterocycles. The molecule has 1 heteroatoms. The summed E-state index contributed by atoms with van der Waals surface area (Å²) in [6, 6.07) is 9.00. The molecule has 0 radical (unpaired) electrons. The minimum Gasteiger partial charge on any atom is -0.123 e. The molecule has 0 heterocycles. The van der Waals surface area contributed by atoms with E-state index >= 15 is 0 Å². The molecular formula is C15H23Cl. The van der Waals surface area contributed by atoms with Crippen molar-refractivity contribution in [3.63, 3.8) is 0 Å². The monoisotopic (exact) mass is 238 g/mol. The third-order valence-electron chi connectivity index (χ3n) is 2.96. The lowest BCUT2D eigenvalue weighted by atomic mass is 9.94. The van der Waals surface area contributed by atoms with Gasteiger partial charge in [-0.25, -0.2) is 0 Å². The van der Waals surface area contributed by atoms with Crippen LogP contribution in [0.5, 0.6) is 0 Å². The van der Waals surface area contributed by atoms with Crippen molar-refractivity contribution in [1.29, 1.82) is 0 Å². The van der Waals surface area contributed by atoms with Crippen molar-refractivity contribution in [2.45, 2.75) is 51.8 Å². The topological polar surface area (TPSA) is 0 Å². The van der Waals surface area contributed by atoms with Gasteiger partial charge in [-0.3, -0.25) is 0 Å². The van der Waals surface area contributed by atoms with Gasteiger partial charge in [0.1, 0.15) is 0 Å². The Morgan fingerprint density at radius 2 is 1.56 bits per heavy atom. The van der Waals surface area contributed by atoms with E-state index in [0.29, 0.717) is 11.8 Å². The maximum Gasteiger partial charge on any atom is 0.0310 e. The molecule has 16 heavy (non-hydrogen) atoms. The van der Waals surface area contributed by atoms with Crippen molar-refractivity contribution in [3.8, 4) is 0 Å².